The second-order valence-electron chi connectivity index (χ2n) is 5.07. The molecule has 0 saturated heterocycles. The number of fused-ring (bicyclic) bond motifs is 1. The molecule has 0 aromatic heterocycles. The number of ether oxygens (including phenoxy) is 1. The zero-order valence-electron chi connectivity index (χ0n) is 10.9. The number of hydrogen-bond acceptors (Lipinski definition) is 2. The minimum atomic E-state index is -0.789. The molecule has 1 N–H and O–H groups in total. The van der Waals surface area contributed by atoms with Crippen LogP contribution in [0.25, 0.3) is 0 Å². The SMILES string of the molecule is CC1Cc2cc(C(O)c3cc(Cl)ccc3Cl)ccc2O1. The van der Waals surface area contributed by atoms with E-state index < -0.39 is 6.10 Å². The molecule has 20 heavy (non-hydrogen) atoms. The molecule has 2 atom stereocenters. The largest absolute Gasteiger partial charge is 0.490 e. The van der Waals surface area contributed by atoms with Gasteiger partial charge in [0, 0.05) is 22.0 Å². The molecule has 0 saturated carbocycles. The van der Waals surface area contributed by atoms with E-state index in [4.69, 9.17) is 27.9 Å². The lowest BCUT2D eigenvalue weighted by molar-refractivity contribution is 0.220. The minimum absolute atomic E-state index is 0.187. The molecule has 1 heterocycles. The summed E-state index contributed by atoms with van der Waals surface area (Å²) in [5.41, 5.74) is 2.53. The van der Waals surface area contributed by atoms with Crippen LogP contribution in [0.2, 0.25) is 10.0 Å². The van der Waals surface area contributed by atoms with Crippen molar-refractivity contribution in [2.45, 2.75) is 25.6 Å². The van der Waals surface area contributed by atoms with Gasteiger partial charge in [0.2, 0.25) is 0 Å². The van der Waals surface area contributed by atoms with Gasteiger partial charge in [-0.05, 0) is 48.4 Å². The Hall–Kier alpha value is -1.22. The zero-order valence-corrected chi connectivity index (χ0v) is 12.4. The molecule has 2 unspecified atom stereocenters. The number of hydrogen-bond donors (Lipinski definition) is 1. The highest BCUT2D eigenvalue weighted by molar-refractivity contribution is 6.33. The van der Waals surface area contributed by atoms with Crippen LogP contribution in [0.4, 0.5) is 0 Å². The molecule has 2 nitrogen and oxygen atoms in total. The van der Waals surface area contributed by atoms with Gasteiger partial charge >= 0.3 is 0 Å². The van der Waals surface area contributed by atoms with E-state index >= 15 is 0 Å². The van der Waals surface area contributed by atoms with E-state index in [0.29, 0.717) is 15.6 Å². The average molecular weight is 309 g/mol. The normalized spacial score (nSPS) is 18.5. The smallest absolute Gasteiger partial charge is 0.123 e. The summed E-state index contributed by atoms with van der Waals surface area (Å²) < 4.78 is 5.66. The second kappa shape index (κ2) is 5.28. The monoisotopic (exact) mass is 308 g/mol. The van der Waals surface area contributed by atoms with Crippen LogP contribution in [-0.4, -0.2) is 11.2 Å². The van der Waals surface area contributed by atoms with Crippen molar-refractivity contribution in [3.63, 3.8) is 0 Å². The van der Waals surface area contributed by atoms with E-state index in [1.54, 1.807) is 18.2 Å². The van der Waals surface area contributed by atoms with Crippen LogP contribution < -0.4 is 4.74 Å². The molecular weight excluding hydrogens is 295 g/mol. The summed E-state index contributed by atoms with van der Waals surface area (Å²) in [7, 11) is 0. The fraction of sp³-hybridized carbons (Fsp3) is 0.250. The molecule has 4 heteroatoms. The fourth-order valence-corrected chi connectivity index (χ4v) is 2.92. The maximum absolute atomic E-state index is 10.5. The van der Waals surface area contributed by atoms with Crippen LogP contribution in [0, 0.1) is 0 Å². The minimum Gasteiger partial charge on any atom is -0.490 e. The van der Waals surface area contributed by atoms with Crippen molar-refractivity contribution in [3.8, 4) is 5.75 Å². The van der Waals surface area contributed by atoms with Crippen LogP contribution in [0.3, 0.4) is 0 Å². The Labute approximate surface area is 127 Å². The van der Waals surface area contributed by atoms with E-state index in [1.807, 2.05) is 25.1 Å². The van der Waals surface area contributed by atoms with Crippen LogP contribution in [0.1, 0.15) is 29.7 Å². The van der Waals surface area contributed by atoms with Gasteiger partial charge in [-0.3, -0.25) is 0 Å². The number of benzene rings is 2. The predicted octanol–water partition coefficient (Wildman–Crippen LogP) is 4.40. The molecule has 0 bridgehead atoms. The molecule has 1 aliphatic heterocycles. The zero-order chi connectivity index (χ0) is 14.3. The topological polar surface area (TPSA) is 29.5 Å². The van der Waals surface area contributed by atoms with Gasteiger partial charge in [0.25, 0.3) is 0 Å². The summed E-state index contributed by atoms with van der Waals surface area (Å²) in [6.07, 6.45) is 0.258. The van der Waals surface area contributed by atoms with Crippen molar-refractivity contribution in [1.29, 1.82) is 0 Å². The first kappa shape index (κ1) is 13.7. The first-order valence-electron chi connectivity index (χ1n) is 6.47. The summed E-state index contributed by atoms with van der Waals surface area (Å²) in [5.74, 6) is 0.894. The summed E-state index contributed by atoms with van der Waals surface area (Å²) in [4.78, 5) is 0. The molecule has 0 radical (unpaired) electrons. The van der Waals surface area contributed by atoms with E-state index in [-0.39, 0.29) is 6.10 Å². The molecular formula is C16H14Cl2O2. The number of aliphatic hydroxyl groups is 1. The van der Waals surface area contributed by atoms with Gasteiger partial charge in [-0.2, -0.15) is 0 Å². The summed E-state index contributed by atoms with van der Waals surface area (Å²) >= 11 is 12.1. The molecule has 0 spiro atoms. The lowest BCUT2D eigenvalue weighted by atomic mass is 9.98. The van der Waals surface area contributed by atoms with Gasteiger partial charge in [0.1, 0.15) is 18.0 Å². The lowest BCUT2D eigenvalue weighted by Crippen LogP contribution is -2.05. The van der Waals surface area contributed by atoms with Crippen molar-refractivity contribution in [3.05, 3.63) is 63.1 Å². The molecule has 2 aromatic carbocycles. The number of aliphatic hydroxyl groups excluding tert-OH is 1. The highest BCUT2D eigenvalue weighted by Gasteiger charge is 2.22. The average Bonchev–Trinajstić information content (AvgIpc) is 2.79. The van der Waals surface area contributed by atoms with E-state index in [0.717, 1.165) is 23.3 Å². The summed E-state index contributed by atoms with van der Waals surface area (Å²) in [6, 6.07) is 10.8. The Morgan fingerprint density at radius 3 is 2.80 bits per heavy atom. The van der Waals surface area contributed by atoms with Gasteiger partial charge < -0.3 is 9.84 Å². The van der Waals surface area contributed by atoms with Gasteiger partial charge in [-0.1, -0.05) is 29.3 Å². The Bertz CT molecular complexity index is 655. The third kappa shape index (κ3) is 2.51. The van der Waals surface area contributed by atoms with Gasteiger partial charge in [-0.15, -0.1) is 0 Å². The van der Waals surface area contributed by atoms with E-state index in [1.165, 1.54) is 0 Å². The highest BCUT2D eigenvalue weighted by Crippen LogP contribution is 2.35. The van der Waals surface area contributed by atoms with Gasteiger partial charge in [0.15, 0.2) is 0 Å². The molecule has 0 amide bonds. The third-order valence-electron chi connectivity index (χ3n) is 3.49. The summed E-state index contributed by atoms with van der Waals surface area (Å²) in [6.45, 7) is 2.03. The second-order valence-corrected chi connectivity index (χ2v) is 5.91. The first-order valence-corrected chi connectivity index (χ1v) is 7.22. The lowest BCUT2D eigenvalue weighted by Gasteiger charge is -2.14. The molecule has 2 aromatic rings. The molecule has 3 rings (SSSR count). The Balaban J connectivity index is 1.97. The summed E-state index contributed by atoms with van der Waals surface area (Å²) in [5, 5.41) is 11.6. The van der Waals surface area contributed by atoms with E-state index in [2.05, 4.69) is 0 Å². The van der Waals surface area contributed by atoms with Crippen molar-refractivity contribution in [2.24, 2.45) is 0 Å². The van der Waals surface area contributed by atoms with Crippen LogP contribution >= 0.6 is 23.2 Å². The quantitative estimate of drug-likeness (QED) is 0.891. The fourth-order valence-electron chi connectivity index (χ4n) is 2.52. The van der Waals surface area contributed by atoms with Crippen LogP contribution in [-0.2, 0) is 6.42 Å². The molecule has 104 valence electrons. The van der Waals surface area contributed by atoms with Gasteiger partial charge in [-0.25, -0.2) is 0 Å². The van der Waals surface area contributed by atoms with E-state index in [9.17, 15) is 5.11 Å². The number of rotatable bonds is 2. The maximum Gasteiger partial charge on any atom is 0.123 e. The molecule has 0 aliphatic carbocycles. The van der Waals surface area contributed by atoms with Gasteiger partial charge in [0.05, 0.1) is 0 Å². The standard InChI is InChI=1S/C16H14Cl2O2/c1-9-6-11-7-10(2-5-15(11)20-9)16(19)13-8-12(17)3-4-14(13)18/h2-5,7-9,16,19H,6H2,1H3. The Morgan fingerprint density at radius 2 is 2.00 bits per heavy atom. The Kier molecular flexibility index (Phi) is 3.63. The third-order valence-corrected chi connectivity index (χ3v) is 4.07. The maximum atomic E-state index is 10.5. The predicted molar refractivity (Wildman–Crippen MR) is 80.8 cm³/mol. The van der Waals surface area contributed by atoms with Crippen molar-refractivity contribution in [1.82, 2.24) is 0 Å². The first-order chi connectivity index (χ1) is 9.54. The van der Waals surface area contributed by atoms with Crippen molar-refractivity contribution >= 4 is 23.2 Å². The van der Waals surface area contributed by atoms with Crippen molar-refractivity contribution < 1.29 is 9.84 Å². The van der Waals surface area contributed by atoms with Crippen molar-refractivity contribution in [2.75, 3.05) is 0 Å². The van der Waals surface area contributed by atoms with Crippen LogP contribution in [0.5, 0.6) is 5.75 Å². The number of halogens is 2. The Morgan fingerprint density at radius 1 is 1.20 bits per heavy atom. The molecule has 0 fully saturated rings. The molecule has 1 aliphatic rings. The van der Waals surface area contributed by atoms with Crippen LogP contribution in [0.15, 0.2) is 36.4 Å². The highest BCUT2D eigenvalue weighted by atomic mass is 35.5.